The van der Waals surface area contributed by atoms with Crippen LogP contribution in [0.5, 0.6) is 0 Å². The number of nitrogens with zero attached hydrogens (tertiary/aromatic N) is 1. The van der Waals surface area contributed by atoms with E-state index in [4.69, 9.17) is 9.47 Å². The van der Waals surface area contributed by atoms with Crippen molar-refractivity contribution in [3.8, 4) is 0 Å². The Hall–Kier alpha value is -1.63. The number of esters is 2. The second kappa shape index (κ2) is 34.8. The van der Waals surface area contributed by atoms with E-state index in [0.29, 0.717) is 13.1 Å². The van der Waals surface area contributed by atoms with E-state index < -0.39 is 0 Å². The molecule has 0 aromatic heterocycles. The Morgan fingerprint density at radius 1 is 0.510 bits per heavy atom. The molecule has 0 radical (unpaired) electrons. The molecule has 0 aliphatic rings. The van der Waals surface area contributed by atoms with Crippen LogP contribution in [0.2, 0.25) is 0 Å². The van der Waals surface area contributed by atoms with E-state index in [-0.39, 0.29) is 48.8 Å². The number of amides is 1. The van der Waals surface area contributed by atoms with Gasteiger partial charge in [-0.3, -0.25) is 14.4 Å². The highest BCUT2D eigenvalue weighted by Gasteiger charge is 2.24. The fourth-order valence-corrected chi connectivity index (χ4v) is 6.61. The zero-order valence-corrected chi connectivity index (χ0v) is 33.4. The molecule has 0 aromatic rings. The van der Waals surface area contributed by atoms with Gasteiger partial charge in [-0.15, -0.1) is 0 Å². The molecule has 0 spiro atoms. The molecule has 0 aliphatic carbocycles. The van der Waals surface area contributed by atoms with Crippen LogP contribution in [0.25, 0.3) is 0 Å². The first-order valence-electron chi connectivity index (χ1n) is 21.1. The van der Waals surface area contributed by atoms with Gasteiger partial charge in [-0.1, -0.05) is 163 Å². The van der Waals surface area contributed by atoms with Gasteiger partial charge in [0.15, 0.2) is 0 Å². The van der Waals surface area contributed by atoms with E-state index in [1.54, 1.807) is 4.90 Å². The van der Waals surface area contributed by atoms with Crippen molar-refractivity contribution in [2.24, 2.45) is 17.8 Å². The van der Waals surface area contributed by atoms with Gasteiger partial charge < -0.3 is 19.7 Å². The van der Waals surface area contributed by atoms with Gasteiger partial charge in [0.2, 0.25) is 5.91 Å². The van der Waals surface area contributed by atoms with Crippen molar-refractivity contribution < 1.29 is 23.9 Å². The number of rotatable bonds is 36. The first-order chi connectivity index (χ1) is 23.9. The fourth-order valence-electron chi connectivity index (χ4n) is 6.61. The topological polar surface area (TPSA) is 84.9 Å². The third-order valence-electron chi connectivity index (χ3n) is 10.1. The highest BCUT2D eigenvalue weighted by Crippen LogP contribution is 2.22. The Labute approximate surface area is 304 Å². The van der Waals surface area contributed by atoms with Crippen LogP contribution in [-0.4, -0.2) is 62.6 Å². The lowest BCUT2D eigenvalue weighted by atomic mass is 9.94. The number of carbonyl (C=O) groups excluding carboxylic acids is 3. The molecular weight excluding hydrogens is 612 g/mol. The summed E-state index contributed by atoms with van der Waals surface area (Å²) in [6.07, 6.45) is 27.9. The van der Waals surface area contributed by atoms with Gasteiger partial charge >= 0.3 is 11.9 Å². The molecule has 3 unspecified atom stereocenters. The maximum Gasteiger partial charge on any atom is 0.308 e. The Morgan fingerprint density at radius 2 is 0.837 bits per heavy atom. The van der Waals surface area contributed by atoms with E-state index >= 15 is 0 Å². The standard InChI is InChI=1S/C42H82N2O5/c1-7-11-15-19-21-25-29-38(27-23-17-13-9-3)41(46)48-35-33-44(40(45)37(5)31-32-43-6)34-36-49-42(47)39(28-24-18-14-10-4)30-26-22-20-16-12-8-2/h37-39,43H,7-36H2,1-6H3. The fraction of sp³-hybridized carbons (Fsp3) is 0.929. The molecule has 3 atom stereocenters. The molecule has 290 valence electrons. The minimum atomic E-state index is -0.170. The summed E-state index contributed by atoms with van der Waals surface area (Å²) in [4.78, 5) is 41.8. The molecule has 1 N–H and O–H groups in total. The van der Waals surface area contributed by atoms with Gasteiger partial charge in [0.1, 0.15) is 13.2 Å². The number of ether oxygens (including phenoxy) is 2. The van der Waals surface area contributed by atoms with E-state index in [1.807, 2.05) is 14.0 Å². The lowest BCUT2D eigenvalue weighted by Gasteiger charge is -2.26. The predicted molar refractivity (Wildman–Crippen MR) is 207 cm³/mol. The molecule has 0 saturated heterocycles. The van der Waals surface area contributed by atoms with Gasteiger partial charge in [-0.2, -0.15) is 0 Å². The van der Waals surface area contributed by atoms with Crippen molar-refractivity contribution >= 4 is 17.8 Å². The zero-order chi connectivity index (χ0) is 36.4. The lowest BCUT2D eigenvalue weighted by molar-refractivity contribution is -0.153. The molecule has 0 aromatic carbocycles. The normalized spacial score (nSPS) is 13.2. The van der Waals surface area contributed by atoms with E-state index in [9.17, 15) is 14.4 Å². The van der Waals surface area contributed by atoms with Crippen molar-refractivity contribution in [1.29, 1.82) is 0 Å². The molecular formula is C42H82N2O5. The van der Waals surface area contributed by atoms with Gasteiger partial charge in [-0.05, 0) is 45.7 Å². The third-order valence-corrected chi connectivity index (χ3v) is 10.1. The van der Waals surface area contributed by atoms with E-state index in [2.05, 4.69) is 33.0 Å². The molecule has 1 amide bonds. The van der Waals surface area contributed by atoms with Crippen molar-refractivity contribution in [2.45, 2.75) is 195 Å². The number of unbranched alkanes of at least 4 members (excludes halogenated alkanes) is 16. The number of carbonyl (C=O) groups is 3. The minimum Gasteiger partial charge on any atom is -0.464 e. The van der Waals surface area contributed by atoms with Crippen LogP contribution in [-0.2, 0) is 23.9 Å². The van der Waals surface area contributed by atoms with Crippen LogP contribution in [0.4, 0.5) is 0 Å². The summed E-state index contributed by atoms with van der Waals surface area (Å²) in [5.41, 5.74) is 0. The zero-order valence-electron chi connectivity index (χ0n) is 33.4. The van der Waals surface area contributed by atoms with Crippen LogP contribution in [0.15, 0.2) is 0 Å². The smallest absolute Gasteiger partial charge is 0.308 e. The second-order valence-corrected chi connectivity index (χ2v) is 14.7. The second-order valence-electron chi connectivity index (χ2n) is 14.7. The monoisotopic (exact) mass is 695 g/mol. The van der Waals surface area contributed by atoms with Gasteiger partial charge in [0.05, 0.1) is 24.9 Å². The Balaban J connectivity index is 5.22. The molecule has 0 bridgehead atoms. The summed E-state index contributed by atoms with van der Waals surface area (Å²) in [6.45, 7) is 12.6. The Kier molecular flexibility index (Phi) is 33.6. The Morgan fingerprint density at radius 3 is 1.18 bits per heavy atom. The van der Waals surface area contributed by atoms with E-state index in [1.165, 1.54) is 89.9 Å². The average Bonchev–Trinajstić information content (AvgIpc) is 3.10. The molecule has 7 nitrogen and oxygen atoms in total. The van der Waals surface area contributed by atoms with Gasteiger partial charge in [0.25, 0.3) is 0 Å². The molecule has 0 fully saturated rings. The molecule has 0 rings (SSSR count). The molecule has 7 heteroatoms. The summed E-state index contributed by atoms with van der Waals surface area (Å²) < 4.78 is 11.7. The van der Waals surface area contributed by atoms with Crippen LogP contribution < -0.4 is 5.32 Å². The highest BCUT2D eigenvalue weighted by atomic mass is 16.5. The van der Waals surface area contributed by atoms with Crippen molar-refractivity contribution in [3.05, 3.63) is 0 Å². The maximum atomic E-state index is 13.5. The molecule has 0 heterocycles. The summed E-state index contributed by atoms with van der Waals surface area (Å²) >= 11 is 0. The SMILES string of the molecule is CCCCCCCCC(CCCCCC)C(=O)OCCN(CCOC(=O)C(CCCCCC)CCCCCCCC)C(=O)C(C)CCNC. The van der Waals surface area contributed by atoms with Crippen LogP contribution >= 0.6 is 0 Å². The first-order valence-corrected chi connectivity index (χ1v) is 21.1. The predicted octanol–water partition coefficient (Wildman–Crippen LogP) is 10.8. The minimum absolute atomic E-state index is 0.0220. The lowest BCUT2D eigenvalue weighted by Crippen LogP contribution is -2.41. The average molecular weight is 695 g/mol. The molecule has 49 heavy (non-hydrogen) atoms. The van der Waals surface area contributed by atoms with E-state index in [0.717, 1.165) is 77.2 Å². The van der Waals surface area contributed by atoms with Crippen LogP contribution in [0.1, 0.15) is 195 Å². The quantitative estimate of drug-likeness (QED) is 0.0519. The maximum absolute atomic E-state index is 13.5. The number of hydrogen-bond acceptors (Lipinski definition) is 6. The largest absolute Gasteiger partial charge is 0.464 e. The summed E-state index contributed by atoms with van der Waals surface area (Å²) in [6, 6.07) is 0. The highest BCUT2D eigenvalue weighted by molar-refractivity contribution is 5.78. The van der Waals surface area contributed by atoms with Crippen LogP contribution in [0, 0.1) is 17.8 Å². The van der Waals surface area contributed by atoms with Crippen molar-refractivity contribution in [3.63, 3.8) is 0 Å². The number of nitrogens with one attached hydrogen (secondary N) is 1. The van der Waals surface area contributed by atoms with Gasteiger partial charge in [0, 0.05) is 5.92 Å². The summed E-state index contributed by atoms with van der Waals surface area (Å²) in [7, 11) is 1.89. The third kappa shape index (κ3) is 26.8. The van der Waals surface area contributed by atoms with Crippen molar-refractivity contribution in [2.75, 3.05) is 39.9 Å². The first kappa shape index (κ1) is 47.4. The Bertz CT molecular complexity index is 726. The van der Waals surface area contributed by atoms with Gasteiger partial charge in [-0.25, -0.2) is 0 Å². The van der Waals surface area contributed by atoms with Crippen LogP contribution in [0.3, 0.4) is 0 Å². The number of hydrogen-bond donors (Lipinski definition) is 1. The molecule has 0 aliphatic heterocycles. The summed E-state index contributed by atoms with van der Waals surface area (Å²) in [5.74, 6) is -0.515. The molecule has 0 saturated carbocycles. The summed E-state index contributed by atoms with van der Waals surface area (Å²) in [5, 5.41) is 3.13. The van der Waals surface area contributed by atoms with Crippen molar-refractivity contribution in [1.82, 2.24) is 10.2 Å².